The van der Waals surface area contributed by atoms with Gasteiger partial charge in [0, 0.05) is 55.3 Å². The Morgan fingerprint density at radius 2 is 1.77 bits per heavy atom. The molecule has 8 heteroatoms. The lowest BCUT2D eigenvalue weighted by molar-refractivity contribution is 0.438. The summed E-state index contributed by atoms with van der Waals surface area (Å²) < 4.78 is 2.37. The van der Waals surface area contributed by atoms with Crippen molar-refractivity contribution in [3.8, 4) is 0 Å². The molecule has 5 heterocycles. The number of hydrogen-bond donors (Lipinski definition) is 1. The van der Waals surface area contributed by atoms with Crippen molar-refractivity contribution in [2.24, 2.45) is 5.92 Å². The molecular weight excluding hydrogens is 536 g/mol. The number of thiocarbonyl (C=S) groups is 1. The fraction of sp³-hybridized carbons (Fsp3) is 0.344. The number of nitrogens with one attached hydrogen (secondary N) is 1. The summed E-state index contributed by atoms with van der Waals surface area (Å²) in [6, 6.07) is 18.7. The van der Waals surface area contributed by atoms with Crippen LogP contribution in [0.2, 0.25) is 5.02 Å². The molecule has 2 aliphatic rings. The van der Waals surface area contributed by atoms with E-state index in [-0.39, 0.29) is 12.1 Å². The molecule has 3 aromatic heterocycles. The zero-order valence-corrected chi connectivity index (χ0v) is 24.8. The van der Waals surface area contributed by atoms with Crippen molar-refractivity contribution < 1.29 is 0 Å². The van der Waals surface area contributed by atoms with Crippen LogP contribution in [0.5, 0.6) is 0 Å². The van der Waals surface area contributed by atoms with Gasteiger partial charge in [0.25, 0.3) is 0 Å². The van der Waals surface area contributed by atoms with E-state index in [4.69, 9.17) is 28.8 Å². The minimum Gasteiger partial charge on any atom is -0.370 e. The van der Waals surface area contributed by atoms with Crippen LogP contribution in [0, 0.1) is 19.8 Å². The fourth-order valence-electron chi connectivity index (χ4n) is 6.14. The molecule has 0 bridgehead atoms. The normalized spacial score (nSPS) is 19.8. The minimum absolute atomic E-state index is 0.0856. The van der Waals surface area contributed by atoms with Gasteiger partial charge >= 0.3 is 0 Å². The van der Waals surface area contributed by atoms with Crippen molar-refractivity contribution in [3.63, 3.8) is 0 Å². The van der Waals surface area contributed by atoms with Crippen LogP contribution in [0.3, 0.4) is 0 Å². The van der Waals surface area contributed by atoms with Crippen molar-refractivity contribution in [3.05, 3.63) is 106 Å². The lowest BCUT2D eigenvalue weighted by atomic mass is 9.96. The molecule has 0 spiro atoms. The van der Waals surface area contributed by atoms with Gasteiger partial charge in [-0.05, 0) is 104 Å². The van der Waals surface area contributed by atoms with E-state index in [2.05, 4.69) is 87.9 Å². The zero-order valence-electron chi connectivity index (χ0n) is 23.2. The lowest BCUT2D eigenvalue weighted by Gasteiger charge is -2.33. The van der Waals surface area contributed by atoms with Crippen molar-refractivity contribution in [1.82, 2.24) is 19.9 Å². The molecule has 1 aromatic carbocycles. The van der Waals surface area contributed by atoms with Crippen LogP contribution in [0.1, 0.15) is 60.1 Å². The van der Waals surface area contributed by atoms with Crippen molar-refractivity contribution >= 4 is 40.3 Å². The molecule has 0 amide bonds. The topological polar surface area (TPSA) is 49.2 Å². The highest BCUT2D eigenvalue weighted by atomic mass is 35.5. The van der Waals surface area contributed by atoms with Crippen LogP contribution >= 0.6 is 23.8 Å². The Kier molecular flexibility index (Phi) is 7.51. The summed E-state index contributed by atoms with van der Waals surface area (Å²) in [5, 5.41) is 5.04. The van der Waals surface area contributed by atoms with Crippen LogP contribution in [0.25, 0.3) is 0 Å². The number of rotatable bonds is 6. The summed E-state index contributed by atoms with van der Waals surface area (Å²) >= 11 is 13.0. The maximum absolute atomic E-state index is 6.97. The SMILES string of the molecule is Cc1cc([C@@H]2[C@H](c3ccccn3)NC(=S)N2c2ccc(N3CCC(C)CC3)c(Cl)c2)c(C)n1Cc1ccncc1. The largest absolute Gasteiger partial charge is 0.370 e. The van der Waals surface area contributed by atoms with E-state index >= 15 is 0 Å². The first-order valence-electron chi connectivity index (χ1n) is 14.0. The third-order valence-corrected chi connectivity index (χ3v) is 9.07. The van der Waals surface area contributed by atoms with E-state index in [0.29, 0.717) is 5.11 Å². The molecule has 6 nitrogen and oxygen atoms in total. The average Bonchev–Trinajstić information content (AvgIpc) is 3.45. The molecule has 6 rings (SSSR count). The molecule has 0 unspecified atom stereocenters. The Labute approximate surface area is 247 Å². The number of anilines is 2. The number of benzene rings is 1. The van der Waals surface area contributed by atoms with Gasteiger partial charge in [-0.3, -0.25) is 9.97 Å². The highest BCUT2D eigenvalue weighted by Gasteiger charge is 2.42. The van der Waals surface area contributed by atoms with Crippen LogP contribution in [0.4, 0.5) is 11.4 Å². The van der Waals surface area contributed by atoms with E-state index < -0.39 is 0 Å². The van der Waals surface area contributed by atoms with Crippen LogP contribution < -0.4 is 15.1 Å². The summed E-state index contributed by atoms with van der Waals surface area (Å²) in [6.45, 7) is 9.56. The number of piperidine rings is 1. The number of pyridine rings is 2. The molecule has 2 aliphatic heterocycles. The number of hydrogen-bond acceptors (Lipinski definition) is 4. The highest BCUT2D eigenvalue weighted by molar-refractivity contribution is 7.80. The van der Waals surface area contributed by atoms with Crippen LogP contribution in [-0.4, -0.2) is 32.7 Å². The number of nitrogens with zero attached hydrogens (tertiary/aromatic N) is 5. The lowest BCUT2D eigenvalue weighted by Crippen LogP contribution is -2.33. The molecule has 40 heavy (non-hydrogen) atoms. The molecule has 2 atom stereocenters. The second kappa shape index (κ2) is 11.2. The van der Waals surface area contributed by atoms with E-state index in [1.54, 1.807) is 0 Å². The van der Waals surface area contributed by atoms with Gasteiger partial charge in [0.15, 0.2) is 5.11 Å². The fourth-order valence-corrected chi connectivity index (χ4v) is 6.78. The predicted octanol–water partition coefficient (Wildman–Crippen LogP) is 7.01. The second-order valence-corrected chi connectivity index (χ2v) is 11.9. The Morgan fingerprint density at radius 3 is 2.48 bits per heavy atom. The summed E-state index contributed by atoms with van der Waals surface area (Å²) in [7, 11) is 0. The molecule has 0 saturated carbocycles. The third-order valence-electron chi connectivity index (χ3n) is 8.45. The smallest absolute Gasteiger partial charge is 0.174 e. The van der Waals surface area contributed by atoms with Gasteiger partial charge in [-0.2, -0.15) is 0 Å². The average molecular weight is 571 g/mol. The van der Waals surface area contributed by atoms with Gasteiger partial charge in [0.1, 0.15) is 0 Å². The van der Waals surface area contributed by atoms with Crippen LogP contribution in [0.15, 0.2) is 73.2 Å². The number of halogens is 1. The molecule has 1 N–H and O–H groups in total. The second-order valence-electron chi connectivity index (χ2n) is 11.1. The molecule has 2 saturated heterocycles. The standard InChI is InChI=1S/C32H35ClN6S/c1-21-11-16-37(17-12-21)29-8-7-25(19-27(29)33)39-31(30(36-32(39)40)28-6-4-5-13-35-28)26-18-22(2)38(23(26)3)20-24-9-14-34-15-10-24/h4-10,13-15,18-19,21,30-31H,11-12,16-17,20H2,1-3H3,(H,36,40)/t30-,31+/m0/s1. The van der Waals surface area contributed by atoms with E-state index in [1.807, 2.05) is 30.7 Å². The van der Waals surface area contributed by atoms with Crippen molar-refractivity contribution in [2.45, 2.75) is 52.2 Å². The molecule has 0 aliphatic carbocycles. The first kappa shape index (κ1) is 26.8. The summed E-state index contributed by atoms with van der Waals surface area (Å²) in [6.07, 6.45) is 7.93. The maximum Gasteiger partial charge on any atom is 0.174 e. The van der Waals surface area contributed by atoms with Gasteiger partial charge in [-0.25, -0.2) is 0 Å². The number of aryl methyl sites for hydroxylation is 1. The molecule has 2 fully saturated rings. The summed E-state index contributed by atoms with van der Waals surface area (Å²) in [4.78, 5) is 13.5. The quantitative estimate of drug-likeness (QED) is 0.252. The van der Waals surface area contributed by atoms with E-state index in [1.165, 1.54) is 35.4 Å². The van der Waals surface area contributed by atoms with E-state index in [0.717, 1.165) is 47.6 Å². The molecular formula is C32H35ClN6S. The van der Waals surface area contributed by atoms with Gasteiger partial charge in [-0.1, -0.05) is 24.6 Å². The molecule has 0 radical (unpaired) electrons. The van der Waals surface area contributed by atoms with E-state index in [9.17, 15) is 0 Å². The zero-order chi connectivity index (χ0) is 27.8. The Bertz CT molecular complexity index is 1500. The van der Waals surface area contributed by atoms with Crippen LogP contribution in [-0.2, 0) is 6.54 Å². The predicted molar refractivity (Wildman–Crippen MR) is 167 cm³/mol. The van der Waals surface area contributed by atoms with Gasteiger partial charge in [0.2, 0.25) is 0 Å². The summed E-state index contributed by atoms with van der Waals surface area (Å²) in [5.74, 6) is 0.768. The third kappa shape index (κ3) is 5.08. The Balaban J connectivity index is 1.40. The number of aromatic nitrogens is 3. The molecule has 4 aromatic rings. The maximum atomic E-state index is 6.97. The Hall–Kier alpha value is -3.42. The van der Waals surface area contributed by atoms with Gasteiger partial charge in [-0.15, -0.1) is 0 Å². The van der Waals surface area contributed by atoms with Crippen molar-refractivity contribution in [1.29, 1.82) is 0 Å². The van der Waals surface area contributed by atoms with Gasteiger partial charge < -0.3 is 19.7 Å². The monoisotopic (exact) mass is 570 g/mol. The first-order chi connectivity index (χ1) is 19.4. The highest BCUT2D eigenvalue weighted by Crippen LogP contribution is 2.45. The summed E-state index contributed by atoms with van der Waals surface area (Å²) in [5.41, 5.74) is 7.90. The van der Waals surface area contributed by atoms with Gasteiger partial charge in [0.05, 0.1) is 28.5 Å². The minimum atomic E-state index is -0.106. The Morgan fingerprint density at radius 1 is 1.00 bits per heavy atom. The van der Waals surface area contributed by atoms with Crippen molar-refractivity contribution in [2.75, 3.05) is 22.9 Å². The molecule has 206 valence electrons. The first-order valence-corrected chi connectivity index (χ1v) is 14.8.